The van der Waals surface area contributed by atoms with Crippen LogP contribution in [0, 0.1) is 4.77 Å². The van der Waals surface area contributed by atoms with Crippen molar-refractivity contribution in [3.05, 3.63) is 40.1 Å². The van der Waals surface area contributed by atoms with Crippen molar-refractivity contribution in [2.75, 3.05) is 13.1 Å². The molecule has 130 valence electrons. The van der Waals surface area contributed by atoms with Gasteiger partial charge in [-0.3, -0.25) is 9.89 Å². The Kier molecular flexibility index (Phi) is 4.26. The summed E-state index contributed by atoms with van der Waals surface area (Å²) in [5, 5.41) is 7.87. The van der Waals surface area contributed by atoms with Gasteiger partial charge in [0.15, 0.2) is 15.5 Å². The van der Waals surface area contributed by atoms with E-state index in [9.17, 15) is 4.79 Å². The molecule has 3 aromatic heterocycles. The molecule has 3 aromatic rings. The number of aromatic nitrogens is 4. The number of rotatable bonds is 3. The van der Waals surface area contributed by atoms with Crippen LogP contribution in [0.2, 0.25) is 0 Å². The number of carbonyl (C=O) groups is 1. The minimum atomic E-state index is 0.0109. The Morgan fingerprint density at radius 2 is 2.40 bits per heavy atom. The Labute approximate surface area is 153 Å². The van der Waals surface area contributed by atoms with E-state index in [4.69, 9.17) is 16.6 Å². The van der Waals surface area contributed by atoms with Gasteiger partial charge in [-0.25, -0.2) is 4.98 Å². The van der Waals surface area contributed by atoms with Gasteiger partial charge in [0.25, 0.3) is 5.91 Å². The topological polar surface area (TPSA) is 79.9 Å². The Balaban J connectivity index is 1.52. The molecule has 0 aromatic carbocycles. The molecule has 25 heavy (non-hydrogen) atoms. The van der Waals surface area contributed by atoms with Crippen LogP contribution >= 0.6 is 23.6 Å². The van der Waals surface area contributed by atoms with Crippen LogP contribution in [0.4, 0.5) is 0 Å². The number of hydrogen-bond donors (Lipinski definition) is 1. The van der Waals surface area contributed by atoms with Crippen LogP contribution in [-0.2, 0) is 7.05 Å². The number of hydrogen-bond acceptors (Lipinski definition) is 6. The smallest absolute Gasteiger partial charge is 0.265 e. The van der Waals surface area contributed by atoms with Gasteiger partial charge in [-0.15, -0.1) is 11.3 Å². The number of nitrogens with zero attached hydrogens (tertiary/aromatic N) is 4. The molecule has 9 heteroatoms. The van der Waals surface area contributed by atoms with Crippen LogP contribution in [-0.4, -0.2) is 43.6 Å². The summed E-state index contributed by atoms with van der Waals surface area (Å²) in [5.74, 6) is 1.79. The van der Waals surface area contributed by atoms with Crippen molar-refractivity contribution in [3.63, 3.8) is 0 Å². The normalized spacial score (nSPS) is 17.8. The monoisotopic (exact) mass is 375 g/mol. The van der Waals surface area contributed by atoms with Gasteiger partial charge in [-0.2, -0.15) is 5.10 Å². The zero-order valence-corrected chi connectivity index (χ0v) is 15.3. The average Bonchev–Trinajstić information content (AvgIpc) is 3.36. The maximum Gasteiger partial charge on any atom is 0.265 e. The van der Waals surface area contributed by atoms with Gasteiger partial charge in [0, 0.05) is 26.1 Å². The van der Waals surface area contributed by atoms with Crippen molar-refractivity contribution in [2.45, 2.75) is 18.8 Å². The summed E-state index contributed by atoms with van der Waals surface area (Å²) in [7, 11) is 1.90. The van der Waals surface area contributed by atoms with Gasteiger partial charge in [0.05, 0.1) is 12.5 Å². The molecule has 0 aliphatic carbocycles. The van der Waals surface area contributed by atoms with E-state index in [0.29, 0.717) is 22.0 Å². The van der Waals surface area contributed by atoms with Crippen LogP contribution in [0.3, 0.4) is 0 Å². The molecule has 4 heterocycles. The second-order valence-corrected chi connectivity index (χ2v) is 7.46. The molecule has 0 radical (unpaired) electrons. The molecule has 1 fully saturated rings. The largest absolute Gasteiger partial charge is 0.462 e. The summed E-state index contributed by atoms with van der Waals surface area (Å²) in [6.07, 6.45) is 5.17. The van der Waals surface area contributed by atoms with Crippen molar-refractivity contribution >= 4 is 29.5 Å². The molecule has 1 amide bonds. The zero-order valence-electron chi connectivity index (χ0n) is 13.6. The summed E-state index contributed by atoms with van der Waals surface area (Å²) >= 11 is 6.55. The number of likely N-dealkylation sites (tertiary alicyclic amines) is 1. The van der Waals surface area contributed by atoms with Gasteiger partial charge in [0.2, 0.25) is 0 Å². The van der Waals surface area contributed by atoms with Crippen LogP contribution in [0.15, 0.2) is 29.0 Å². The van der Waals surface area contributed by atoms with E-state index in [0.717, 1.165) is 30.2 Å². The summed E-state index contributed by atoms with van der Waals surface area (Å²) in [6, 6.07) is 3.65. The van der Waals surface area contributed by atoms with Crippen LogP contribution in [0.1, 0.15) is 34.3 Å². The Morgan fingerprint density at radius 3 is 3.12 bits per heavy atom. The SMILES string of the molecule is Cn1c(C2CCCN(C(=O)c3cnc(-c4ccco4)s3)C2)n[nH]c1=S. The number of nitrogens with one attached hydrogen (secondary N) is 1. The number of carbonyl (C=O) groups excluding carboxylic acids is 1. The quantitative estimate of drug-likeness (QED) is 0.711. The lowest BCUT2D eigenvalue weighted by Crippen LogP contribution is -2.39. The van der Waals surface area contributed by atoms with Crippen molar-refractivity contribution < 1.29 is 9.21 Å². The van der Waals surface area contributed by atoms with Crippen LogP contribution < -0.4 is 0 Å². The van der Waals surface area contributed by atoms with Crippen LogP contribution in [0.5, 0.6) is 0 Å². The Bertz CT molecular complexity index is 940. The molecule has 1 aliphatic heterocycles. The van der Waals surface area contributed by atoms with Crippen LogP contribution in [0.25, 0.3) is 10.8 Å². The highest BCUT2D eigenvalue weighted by Gasteiger charge is 2.29. The third-order valence-electron chi connectivity index (χ3n) is 4.44. The maximum atomic E-state index is 12.9. The summed E-state index contributed by atoms with van der Waals surface area (Å²) < 4.78 is 7.83. The zero-order chi connectivity index (χ0) is 17.4. The lowest BCUT2D eigenvalue weighted by molar-refractivity contribution is 0.0708. The first kappa shape index (κ1) is 16.2. The molecule has 1 N–H and O–H groups in total. The van der Waals surface area contributed by atoms with Gasteiger partial charge >= 0.3 is 0 Å². The predicted molar refractivity (Wildman–Crippen MR) is 96.1 cm³/mol. The number of H-pyrrole nitrogens is 1. The minimum Gasteiger partial charge on any atom is -0.462 e. The van der Waals surface area contributed by atoms with E-state index in [2.05, 4.69) is 15.2 Å². The minimum absolute atomic E-state index is 0.0109. The summed E-state index contributed by atoms with van der Waals surface area (Å²) in [4.78, 5) is 19.7. The van der Waals surface area contributed by atoms with Gasteiger partial charge < -0.3 is 13.9 Å². The number of furan rings is 1. The van der Waals surface area contributed by atoms with Gasteiger partial charge in [-0.05, 0) is 37.2 Å². The third-order valence-corrected chi connectivity index (χ3v) is 5.80. The first-order valence-corrected chi connectivity index (χ1v) is 9.26. The second-order valence-electron chi connectivity index (χ2n) is 6.04. The molecule has 4 rings (SSSR count). The van der Waals surface area contributed by atoms with E-state index >= 15 is 0 Å². The number of aromatic amines is 1. The highest BCUT2D eigenvalue weighted by atomic mass is 32.1. The van der Waals surface area contributed by atoms with E-state index in [1.54, 1.807) is 12.5 Å². The number of thiazole rings is 1. The number of amides is 1. The average molecular weight is 375 g/mol. The fourth-order valence-electron chi connectivity index (χ4n) is 3.14. The van der Waals surface area contributed by atoms with E-state index in [1.165, 1.54) is 11.3 Å². The molecule has 0 spiro atoms. The molecule has 1 atom stereocenters. The Hall–Kier alpha value is -2.26. The van der Waals surface area contributed by atoms with E-state index < -0.39 is 0 Å². The van der Waals surface area contributed by atoms with Gasteiger partial charge in [0.1, 0.15) is 10.7 Å². The van der Waals surface area contributed by atoms with Crippen molar-refractivity contribution in [1.29, 1.82) is 0 Å². The predicted octanol–water partition coefficient (Wildman–Crippen LogP) is 3.21. The molecular formula is C16H17N5O2S2. The second kappa shape index (κ2) is 6.57. The molecule has 0 saturated carbocycles. The molecule has 7 nitrogen and oxygen atoms in total. The number of piperidine rings is 1. The third kappa shape index (κ3) is 3.05. The standard InChI is InChI=1S/C16H17N5O2S2/c1-20-13(18-19-16(20)24)10-4-2-6-21(9-10)15(22)12-8-17-14(25-12)11-5-3-7-23-11/h3,5,7-8,10H,2,4,6,9H2,1H3,(H,19,24). The Morgan fingerprint density at radius 1 is 1.52 bits per heavy atom. The molecular weight excluding hydrogens is 358 g/mol. The summed E-state index contributed by atoms with van der Waals surface area (Å²) in [5.41, 5.74) is 0. The lowest BCUT2D eigenvalue weighted by Gasteiger charge is -2.31. The molecule has 1 aliphatic rings. The molecule has 1 unspecified atom stereocenters. The molecule has 1 saturated heterocycles. The van der Waals surface area contributed by atoms with Crippen molar-refractivity contribution in [1.82, 2.24) is 24.6 Å². The van der Waals surface area contributed by atoms with E-state index in [-0.39, 0.29) is 11.8 Å². The highest BCUT2D eigenvalue weighted by Crippen LogP contribution is 2.29. The van der Waals surface area contributed by atoms with Crippen molar-refractivity contribution in [3.8, 4) is 10.8 Å². The lowest BCUT2D eigenvalue weighted by atomic mass is 9.97. The fraction of sp³-hybridized carbons (Fsp3) is 0.375. The first-order chi connectivity index (χ1) is 12.1. The fourth-order valence-corrected chi connectivity index (χ4v) is 4.13. The maximum absolute atomic E-state index is 12.9. The highest BCUT2D eigenvalue weighted by molar-refractivity contribution is 7.71. The van der Waals surface area contributed by atoms with Crippen molar-refractivity contribution in [2.24, 2.45) is 7.05 Å². The summed E-state index contributed by atoms with van der Waals surface area (Å²) in [6.45, 7) is 1.39. The first-order valence-electron chi connectivity index (χ1n) is 8.04. The van der Waals surface area contributed by atoms with E-state index in [1.807, 2.05) is 28.6 Å². The van der Waals surface area contributed by atoms with Gasteiger partial charge in [-0.1, -0.05) is 0 Å². The molecule has 0 bridgehead atoms.